The maximum absolute atomic E-state index is 14.5. The second-order valence-electron chi connectivity index (χ2n) is 8.90. The summed E-state index contributed by atoms with van der Waals surface area (Å²) in [4.78, 5) is 0. The van der Waals surface area contributed by atoms with Crippen LogP contribution in [0.2, 0.25) is 5.02 Å². The predicted molar refractivity (Wildman–Crippen MR) is 120 cm³/mol. The van der Waals surface area contributed by atoms with Crippen LogP contribution in [0.3, 0.4) is 0 Å². The molecule has 200 valence electrons. The third-order valence-corrected chi connectivity index (χ3v) is 6.95. The van der Waals surface area contributed by atoms with Crippen molar-refractivity contribution in [1.82, 2.24) is 30.0 Å². The average molecular weight is 545 g/mol. The SMILES string of the molecule is CO[C@@H]1[C@@H](n2cc(-c3ccc(Cl)c(F)c3F)nn2)[C@@H](O)[C@@H](CO)O[C@@H]1Cc1cn([C@H]2COC[C@H]2F)nn1. The van der Waals surface area contributed by atoms with E-state index < -0.39 is 60.9 Å². The van der Waals surface area contributed by atoms with Gasteiger partial charge in [0.15, 0.2) is 11.6 Å². The molecule has 1 aromatic carbocycles. The Hall–Kier alpha value is -2.62. The van der Waals surface area contributed by atoms with Gasteiger partial charge in [-0.2, -0.15) is 0 Å². The number of alkyl halides is 1. The van der Waals surface area contributed by atoms with Crippen molar-refractivity contribution >= 4 is 11.6 Å². The minimum absolute atomic E-state index is 0.00112. The largest absolute Gasteiger partial charge is 0.394 e. The normalized spacial score (nSPS) is 30.2. The smallest absolute Gasteiger partial charge is 0.178 e. The quantitative estimate of drug-likeness (QED) is 0.423. The number of hydrogen-bond acceptors (Lipinski definition) is 9. The number of ether oxygens (including phenoxy) is 3. The monoisotopic (exact) mass is 544 g/mol. The van der Waals surface area contributed by atoms with Crippen LogP contribution in [-0.2, 0) is 20.6 Å². The number of aliphatic hydroxyl groups excluding tert-OH is 2. The van der Waals surface area contributed by atoms with Gasteiger partial charge in [-0.1, -0.05) is 22.0 Å². The molecule has 4 heterocycles. The standard InChI is InChI=1S/C22H24ClF3N6O5/c1-35-22-16(4-10-5-31(29-27-10)15-9-36-8-13(15)24)37-17(7-33)21(34)20(22)32-6-14(28-30-32)11-2-3-12(23)19(26)18(11)25/h2-3,5-6,13,15-17,20-22,33-34H,4,7-9H2,1H3/t13-,15+,16-,17-,20+,21+,22+/m1/s1. The van der Waals surface area contributed by atoms with Crippen LogP contribution in [0.25, 0.3) is 11.3 Å². The highest BCUT2D eigenvalue weighted by molar-refractivity contribution is 6.30. The lowest BCUT2D eigenvalue weighted by Gasteiger charge is -2.43. The fraction of sp³-hybridized carbons (Fsp3) is 0.545. The lowest BCUT2D eigenvalue weighted by atomic mass is 9.90. The summed E-state index contributed by atoms with van der Waals surface area (Å²) in [7, 11) is 1.41. The molecule has 7 atom stereocenters. The van der Waals surface area contributed by atoms with Crippen LogP contribution in [0.4, 0.5) is 13.2 Å². The molecule has 2 N–H and O–H groups in total. The molecule has 0 aliphatic carbocycles. The van der Waals surface area contributed by atoms with Gasteiger partial charge >= 0.3 is 0 Å². The Labute approximate surface area is 213 Å². The predicted octanol–water partition coefficient (Wildman–Crippen LogP) is 1.30. The van der Waals surface area contributed by atoms with E-state index in [1.165, 1.54) is 34.8 Å². The van der Waals surface area contributed by atoms with Gasteiger partial charge in [-0.25, -0.2) is 22.5 Å². The van der Waals surface area contributed by atoms with E-state index in [9.17, 15) is 23.4 Å². The molecule has 2 fully saturated rings. The second kappa shape index (κ2) is 10.6. The highest BCUT2D eigenvalue weighted by Gasteiger charge is 2.47. The molecule has 0 saturated carbocycles. The van der Waals surface area contributed by atoms with Gasteiger partial charge in [-0.15, -0.1) is 10.2 Å². The Morgan fingerprint density at radius 3 is 2.59 bits per heavy atom. The summed E-state index contributed by atoms with van der Waals surface area (Å²) in [5, 5.41) is 36.5. The minimum Gasteiger partial charge on any atom is -0.394 e. The first-order chi connectivity index (χ1) is 17.8. The van der Waals surface area contributed by atoms with Gasteiger partial charge in [0.05, 0.1) is 42.8 Å². The van der Waals surface area contributed by atoms with Gasteiger partial charge in [-0.05, 0) is 12.1 Å². The number of rotatable bonds is 7. The van der Waals surface area contributed by atoms with Crippen molar-refractivity contribution in [2.45, 2.75) is 49.1 Å². The van der Waals surface area contributed by atoms with Crippen molar-refractivity contribution in [2.75, 3.05) is 26.9 Å². The minimum atomic E-state index is -1.29. The van der Waals surface area contributed by atoms with Crippen molar-refractivity contribution in [1.29, 1.82) is 0 Å². The zero-order chi connectivity index (χ0) is 26.3. The molecule has 2 aromatic heterocycles. The molecule has 37 heavy (non-hydrogen) atoms. The van der Waals surface area contributed by atoms with Crippen molar-refractivity contribution in [3.63, 3.8) is 0 Å². The number of nitrogens with zero attached hydrogens (tertiary/aromatic N) is 6. The summed E-state index contributed by atoms with van der Waals surface area (Å²) in [5.74, 6) is -2.40. The molecule has 5 rings (SSSR count). The third-order valence-electron chi connectivity index (χ3n) is 6.65. The number of halogens is 4. The summed E-state index contributed by atoms with van der Waals surface area (Å²) >= 11 is 5.64. The van der Waals surface area contributed by atoms with Crippen LogP contribution in [0.5, 0.6) is 0 Å². The lowest BCUT2D eigenvalue weighted by Crippen LogP contribution is -2.57. The van der Waals surface area contributed by atoms with Crippen LogP contribution in [0.15, 0.2) is 24.5 Å². The molecule has 0 bridgehead atoms. The van der Waals surface area contributed by atoms with Crippen molar-refractivity contribution in [3.05, 3.63) is 46.9 Å². The van der Waals surface area contributed by atoms with E-state index in [1.54, 1.807) is 6.20 Å². The number of aliphatic hydroxyl groups is 2. The molecule has 0 amide bonds. The maximum atomic E-state index is 14.5. The van der Waals surface area contributed by atoms with Gasteiger partial charge in [0.25, 0.3) is 0 Å². The Morgan fingerprint density at radius 1 is 1.11 bits per heavy atom. The fourth-order valence-corrected chi connectivity index (χ4v) is 4.88. The summed E-state index contributed by atoms with van der Waals surface area (Å²) in [6, 6.07) is 0.959. The molecule has 11 nitrogen and oxygen atoms in total. The van der Waals surface area contributed by atoms with Gasteiger partial charge < -0.3 is 24.4 Å². The number of methoxy groups -OCH3 is 1. The number of aromatic nitrogens is 6. The molecule has 0 unspecified atom stereocenters. The molecule has 2 aliphatic heterocycles. The van der Waals surface area contributed by atoms with Crippen LogP contribution >= 0.6 is 11.6 Å². The Morgan fingerprint density at radius 2 is 1.89 bits per heavy atom. The summed E-state index contributed by atoms with van der Waals surface area (Å²) < 4.78 is 61.9. The highest BCUT2D eigenvalue weighted by Crippen LogP contribution is 2.35. The van der Waals surface area contributed by atoms with Crippen molar-refractivity contribution in [2.24, 2.45) is 0 Å². The number of hydrogen-bond donors (Lipinski definition) is 2. The van der Waals surface area contributed by atoms with E-state index >= 15 is 0 Å². The molecule has 2 aliphatic rings. The second-order valence-corrected chi connectivity index (χ2v) is 9.31. The first-order valence-corrected chi connectivity index (χ1v) is 11.9. The van der Waals surface area contributed by atoms with Crippen molar-refractivity contribution in [3.8, 4) is 11.3 Å². The highest BCUT2D eigenvalue weighted by atomic mass is 35.5. The first kappa shape index (κ1) is 26.0. The van der Waals surface area contributed by atoms with Crippen molar-refractivity contribution < 1.29 is 37.6 Å². The van der Waals surface area contributed by atoms with Gasteiger partial charge in [0.1, 0.15) is 42.3 Å². The Bertz CT molecular complexity index is 1250. The van der Waals surface area contributed by atoms with Crippen LogP contribution in [0.1, 0.15) is 17.8 Å². The summed E-state index contributed by atoms with van der Waals surface area (Å²) in [5.41, 5.74) is 0.301. The Balaban J connectivity index is 1.42. The third kappa shape index (κ3) is 4.84. The molecular formula is C22H24ClF3N6O5. The van der Waals surface area contributed by atoms with E-state index in [-0.39, 0.29) is 35.9 Å². The maximum Gasteiger partial charge on any atom is 0.178 e. The van der Waals surface area contributed by atoms with Gasteiger partial charge in [0.2, 0.25) is 0 Å². The molecule has 3 aromatic rings. The van der Waals surface area contributed by atoms with E-state index in [4.69, 9.17) is 25.8 Å². The van der Waals surface area contributed by atoms with Gasteiger partial charge in [-0.3, -0.25) is 0 Å². The molecular weight excluding hydrogens is 521 g/mol. The van der Waals surface area contributed by atoms with Crippen LogP contribution < -0.4 is 0 Å². The zero-order valence-electron chi connectivity index (χ0n) is 19.5. The van der Waals surface area contributed by atoms with Crippen LogP contribution in [0, 0.1) is 11.6 Å². The van der Waals surface area contributed by atoms with Crippen LogP contribution in [-0.4, -0.2) is 97.7 Å². The van der Waals surface area contributed by atoms with E-state index in [2.05, 4.69) is 20.6 Å². The lowest BCUT2D eigenvalue weighted by molar-refractivity contribution is -0.212. The average Bonchev–Trinajstić information content (AvgIpc) is 3.64. The summed E-state index contributed by atoms with van der Waals surface area (Å²) in [6.45, 7) is -0.349. The first-order valence-electron chi connectivity index (χ1n) is 11.5. The number of benzene rings is 1. The molecule has 0 spiro atoms. The van der Waals surface area contributed by atoms with E-state index in [1.807, 2.05) is 0 Å². The van der Waals surface area contributed by atoms with E-state index in [0.29, 0.717) is 5.69 Å². The summed E-state index contributed by atoms with van der Waals surface area (Å²) in [6.07, 6.45) is -2.00. The van der Waals surface area contributed by atoms with E-state index in [0.717, 1.165) is 0 Å². The molecule has 0 radical (unpaired) electrons. The molecule has 2 saturated heterocycles. The fourth-order valence-electron chi connectivity index (χ4n) is 4.73. The zero-order valence-corrected chi connectivity index (χ0v) is 20.2. The molecule has 15 heteroatoms. The Kier molecular flexibility index (Phi) is 7.47. The van der Waals surface area contributed by atoms with Gasteiger partial charge in [0, 0.05) is 25.3 Å². The topological polar surface area (TPSA) is 130 Å².